The number of alkyl halides is 3. The van der Waals surface area contributed by atoms with Crippen LogP contribution in [0.4, 0.5) is 17.6 Å². The van der Waals surface area contributed by atoms with Gasteiger partial charge in [0.2, 0.25) is 0 Å². The predicted molar refractivity (Wildman–Crippen MR) is 88.7 cm³/mol. The first-order valence-corrected chi connectivity index (χ1v) is 7.77. The Bertz CT molecular complexity index is 1070. The normalized spacial score (nSPS) is 11.6. The molecule has 0 atom stereocenters. The van der Waals surface area contributed by atoms with Crippen molar-refractivity contribution in [1.29, 1.82) is 0 Å². The summed E-state index contributed by atoms with van der Waals surface area (Å²) in [5, 5.41) is 3.99. The predicted octanol–water partition coefficient (Wildman–Crippen LogP) is 2.77. The van der Waals surface area contributed by atoms with E-state index in [4.69, 9.17) is 12.2 Å². The van der Waals surface area contributed by atoms with Crippen LogP contribution in [0.15, 0.2) is 35.4 Å². The second-order valence-electron chi connectivity index (χ2n) is 5.39. The van der Waals surface area contributed by atoms with Crippen molar-refractivity contribution >= 4 is 12.2 Å². The smallest absolute Gasteiger partial charge is 0.422 e. The molecule has 0 bridgehead atoms. The molecule has 0 aromatic carbocycles. The Morgan fingerprint density at radius 2 is 2.07 bits per heavy atom. The van der Waals surface area contributed by atoms with Crippen molar-refractivity contribution in [2.45, 2.75) is 6.18 Å². The number of aryl methyl sites for hydroxylation is 1. The SMILES string of the molecule is Cn1nccc1-c1cc(=O)n(-c2cnc(OCC(F)(F)F)c(F)c2)c(=S)[nH]1. The lowest BCUT2D eigenvalue weighted by Gasteiger charge is -2.11. The molecular formula is C15H11F4N5O2S. The number of aromatic amines is 1. The molecule has 12 heteroatoms. The molecule has 0 radical (unpaired) electrons. The van der Waals surface area contributed by atoms with Gasteiger partial charge in [-0.1, -0.05) is 0 Å². The minimum absolute atomic E-state index is 0.0520. The maximum Gasteiger partial charge on any atom is 0.422 e. The number of ether oxygens (including phenoxy) is 1. The average molecular weight is 401 g/mol. The number of hydrogen-bond acceptors (Lipinski definition) is 5. The number of pyridine rings is 1. The number of H-pyrrole nitrogens is 1. The molecule has 0 aliphatic rings. The quantitative estimate of drug-likeness (QED) is 0.537. The molecule has 0 fully saturated rings. The molecule has 1 N–H and O–H groups in total. The Hall–Kier alpha value is -3.02. The van der Waals surface area contributed by atoms with Gasteiger partial charge in [0, 0.05) is 25.4 Å². The Morgan fingerprint density at radius 1 is 1.33 bits per heavy atom. The van der Waals surface area contributed by atoms with Crippen LogP contribution in [0.1, 0.15) is 0 Å². The van der Waals surface area contributed by atoms with Crippen LogP contribution >= 0.6 is 12.2 Å². The van der Waals surface area contributed by atoms with Crippen LogP contribution < -0.4 is 10.3 Å². The number of nitrogens with zero attached hydrogens (tertiary/aromatic N) is 4. The van der Waals surface area contributed by atoms with Gasteiger partial charge in [0.05, 0.1) is 23.3 Å². The Kier molecular flexibility index (Phi) is 4.83. The monoisotopic (exact) mass is 401 g/mol. The minimum atomic E-state index is -4.63. The van der Waals surface area contributed by atoms with E-state index in [1.54, 1.807) is 13.1 Å². The number of nitrogens with one attached hydrogen (secondary N) is 1. The summed E-state index contributed by atoms with van der Waals surface area (Å²) in [5.74, 6) is -1.99. The van der Waals surface area contributed by atoms with Crippen molar-refractivity contribution in [2.24, 2.45) is 7.05 Å². The van der Waals surface area contributed by atoms with Crippen LogP contribution in [0.3, 0.4) is 0 Å². The molecule has 3 heterocycles. The highest BCUT2D eigenvalue weighted by molar-refractivity contribution is 7.71. The third-order valence-corrected chi connectivity index (χ3v) is 3.74. The standard InChI is InChI=1S/C15H11F4N5O2S/c1-23-11(2-3-21-23)10-5-12(25)24(14(27)22-10)8-4-9(16)13(20-6-8)26-7-15(17,18)19/h2-6H,7H2,1H3,(H,22,27). The van der Waals surface area contributed by atoms with Crippen molar-refractivity contribution in [2.75, 3.05) is 6.61 Å². The maximum absolute atomic E-state index is 14.0. The van der Waals surface area contributed by atoms with E-state index >= 15 is 0 Å². The first-order chi connectivity index (χ1) is 12.7. The van der Waals surface area contributed by atoms with Crippen molar-refractivity contribution in [1.82, 2.24) is 24.3 Å². The van der Waals surface area contributed by atoms with Gasteiger partial charge in [-0.25, -0.2) is 9.37 Å². The average Bonchev–Trinajstić information content (AvgIpc) is 2.98. The van der Waals surface area contributed by atoms with Crippen molar-refractivity contribution < 1.29 is 22.3 Å². The molecule has 3 rings (SSSR count). The molecule has 142 valence electrons. The Morgan fingerprint density at radius 3 is 2.63 bits per heavy atom. The van der Waals surface area contributed by atoms with E-state index in [1.165, 1.54) is 16.9 Å². The van der Waals surface area contributed by atoms with Gasteiger partial charge >= 0.3 is 6.18 Å². The summed E-state index contributed by atoms with van der Waals surface area (Å²) in [6.45, 7) is -1.68. The van der Waals surface area contributed by atoms with Crippen LogP contribution in [0.2, 0.25) is 0 Å². The molecule has 27 heavy (non-hydrogen) atoms. The number of halogens is 4. The molecule has 3 aromatic rings. The third-order valence-electron chi connectivity index (χ3n) is 3.45. The fourth-order valence-corrected chi connectivity index (χ4v) is 2.62. The van der Waals surface area contributed by atoms with Crippen LogP contribution in [-0.4, -0.2) is 37.1 Å². The summed E-state index contributed by atoms with van der Waals surface area (Å²) in [5.41, 5.74) is 0.361. The van der Waals surface area contributed by atoms with Crippen LogP contribution in [-0.2, 0) is 7.05 Å². The summed E-state index contributed by atoms with van der Waals surface area (Å²) in [7, 11) is 1.68. The van der Waals surface area contributed by atoms with E-state index in [-0.39, 0.29) is 10.5 Å². The lowest BCUT2D eigenvalue weighted by Crippen LogP contribution is -2.22. The van der Waals surface area contributed by atoms with Gasteiger partial charge in [-0.05, 0) is 18.3 Å². The van der Waals surface area contributed by atoms with Crippen molar-refractivity contribution in [3.8, 4) is 23.0 Å². The highest BCUT2D eigenvalue weighted by Crippen LogP contribution is 2.21. The Labute approximate surface area is 153 Å². The summed E-state index contributed by atoms with van der Waals surface area (Å²) in [6, 6.07) is 3.71. The van der Waals surface area contributed by atoms with Gasteiger partial charge in [-0.2, -0.15) is 18.3 Å². The molecule has 0 unspecified atom stereocenters. The topological polar surface area (TPSA) is 77.7 Å². The molecule has 0 spiro atoms. The zero-order valence-corrected chi connectivity index (χ0v) is 14.4. The molecule has 0 saturated heterocycles. The van der Waals surface area contributed by atoms with Crippen molar-refractivity contribution in [3.63, 3.8) is 0 Å². The minimum Gasteiger partial charge on any atom is -0.466 e. The van der Waals surface area contributed by atoms with Crippen LogP contribution in [0, 0.1) is 10.6 Å². The maximum atomic E-state index is 14.0. The molecule has 0 aliphatic heterocycles. The molecule has 0 saturated carbocycles. The molecule has 0 aliphatic carbocycles. The number of aromatic nitrogens is 5. The zero-order valence-electron chi connectivity index (χ0n) is 13.6. The fraction of sp³-hybridized carbons (Fsp3) is 0.200. The van der Waals surface area contributed by atoms with E-state index in [2.05, 4.69) is 19.8 Å². The lowest BCUT2D eigenvalue weighted by molar-refractivity contribution is -0.154. The summed E-state index contributed by atoms with van der Waals surface area (Å²) < 4.78 is 57.2. The first kappa shape index (κ1) is 18.8. The molecule has 0 amide bonds. The van der Waals surface area contributed by atoms with E-state index in [9.17, 15) is 22.4 Å². The fourth-order valence-electron chi connectivity index (χ4n) is 2.31. The van der Waals surface area contributed by atoms with Gasteiger partial charge < -0.3 is 9.72 Å². The van der Waals surface area contributed by atoms with E-state index in [1.807, 2.05) is 0 Å². The summed E-state index contributed by atoms with van der Waals surface area (Å²) >= 11 is 5.15. The number of rotatable bonds is 4. The third kappa shape index (κ3) is 4.05. The van der Waals surface area contributed by atoms with E-state index in [0.717, 1.165) is 16.8 Å². The first-order valence-electron chi connectivity index (χ1n) is 7.36. The second kappa shape index (κ2) is 6.95. The van der Waals surface area contributed by atoms with Gasteiger partial charge in [0.1, 0.15) is 0 Å². The highest BCUT2D eigenvalue weighted by Gasteiger charge is 2.29. The van der Waals surface area contributed by atoms with E-state index in [0.29, 0.717) is 11.4 Å². The molecule has 7 nitrogen and oxygen atoms in total. The lowest BCUT2D eigenvalue weighted by atomic mass is 10.3. The van der Waals surface area contributed by atoms with Crippen LogP contribution in [0.5, 0.6) is 5.88 Å². The second-order valence-corrected chi connectivity index (χ2v) is 5.77. The van der Waals surface area contributed by atoms with Gasteiger partial charge in [-0.15, -0.1) is 0 Å². The Balaban J connectivity index is 1.97. The van der Waals surface area contributed by atoms with Crippen molar-refractivity contribution in [3.05, 3.63) is 51.5 Å². The van der Waals surface area contributed by atoms with Crippen LogP contribution in [0.25, 0.3) is 17.1 Å². The van der Waals surface area contributed by atoms with Gasteiger partial charge in [0.25, 0.3) is 11.4 Å². The molecule has 3 aromatic heterocycles. The summed E-state index contributed by atoms with van der Waals surface area (Å²) in [6.07, 6.45) is -2.10. The largest absolute Gasteiger partial charge is 0.466 e. The highest BCUT2D eigenvalue weighted by atomic mass is 32.1. The van der Waals surface area contributed by atoms with Gasteiger partial charge in [0.15, 0.2) is 17.2 Å². The summed E-state index contributed by atoms with van der Waals surface area (Å²) in [4.78, 5) is 18.8. The van der Waals surface area contributed by atoms with Gasteiger partial charge in [-0.3, -0.25) is 14.0 Å². The van der Waals surface area contributed by atoms with E-state index < -0.39 is 30.0 Å². The zero-order chi connectivity index (χ0) is 19.8. The molecular weight excluding hydrogens is 390 g/mol. The number of hydrogen-bond donors (Lipinski definition) is 1.